The van der Waals surface area contributed by atoms with Crippen molar-refractivity contribution < 1.29 is 27.8 Å². The minimum atomic E-state index is -0.720. The van der Waals surface area contributed by atoms with Gasteiger partial charge in [-0.3, -0.25) is 4.90 Å². The predicted octanol–water partition coefficient (Wildman–Crippen LogP) is 6.20. The molecule has 2 aromatic heterocycles. The Morgan fingerprint density at radius 2 is 2.00 bits per heavy atom. The normalized spacial score (nSPS) is 26.3. The smallest absolute Gasteiger partial charge is 0.319 e. The highest BCUT2D eigenvalue weighted by Gasteiger charge is 2.48. The van der Waals surface area contributed by atoms with Gasteiger partial charge in [0.1, 0.15) is 40.1 Å². The van der Waals surface area contributed by atoms with Gasteiger partial charge in [0.2, 0.25) is 5.88 Å². The van der Waals surface area contributed by atoms with Gasteiger partial charge < -0.3 is 24.8 Å². The molecule has 4 atom stereocenters. The molecule has 9 nitrogen and oxygen atoms in total. The molecule has 5 aliphatic rings. The number of pyridine rings is 1. The Bertz CT molecular complexity index is 2040. The first-order valence-corrected chi connectivity index (χ1v) is 17.4. The van der Waals surface area contributed by atoms with Crippen LogP contribution in [0.1, 0.15) is 51.5 Å². The SMILES string of the molecule is CCc1c(F)ccc2cc(O)cc(-c3nc4c5c(nc(OCC6(CN7CC/C(=C\F)C7)CC6)nc5c3F)N3C[C@H]5CC[C@H](N5)[C@H]3[C@H](C)O4)c12. The van der Waals surface area contributed by atoms with Crippen LogP contribution in [0.2, 0.25) is 0 Å². The molecule has 0 amide bonds. The molecule has 0 spiro atoms. The van der Waals surface area contributed by atoms with Crippen molar-refractivity contribution in [2.75, 3.05) is 37.7 Å². The summed E-state index contributed by atoms with van der Waals surface area (Å²) in [5, 5.41) is 15.9. The van der Waals surface area contributed by atoms with E-state index in [-0.39, 0.29) is 64.1 Å². The third-order valence-corrected chi connectivity index (χ3v) is 11.3. The van der Waals surface area contributed by atoms with E-state index in [1.165, 1.54) is 12.1 Å². The number of nitrogens with one attached hydrogen (secondary N) is 1. The second kappa shape index (κ2) is 11.4. The van der Waals surface area contributed by atoms with E-state index in [0.29, 0.717) is 53.7 Å². The number of anilines is 1. The summed E-state index contributed by atoms with van der Waals surface area (Å²) >= 11 is 0. The highest BCUT2D eigenvalue weighted by atomic mass is 19.1. The number of fused-ring (bicyclic) bond motifs is 6. The predicted molar refractivity (Wildman–Crippen MR) is 180 cm³/mol. The number of halogens is 3. The van der Waals surface area contributed by atoms with E-state index in [4.69, 9.17) is 24.4 Å². The van der Waals surface area contributed by atoms with Crippen molar-refractivity contribution in [2.24, 2.45) is 5.41 Å². The van der Waals surface area contributed by atoms with E-state index in [9.17, 15) is 9.50 Å². The van der Waals surface area contributed by atoms with Crippen LogP contribution in [-0.4, -0.2) is 82.0 Å². The molecule has 3 saturated heterocycles. The molecule has 0 radical (unpaired) electrons. The molecule has 12 heteroatoms. The van der Waals surface area contributed by atoms with Gasteiger partial charge in [-0.25, -0.2) is 18.2 Å². The van der Waals surface area contributed by atoms with E-state index in [1.54, 1.807) is 12.1 Å². The topological polar surface area (TPSA) is 95.9 Å². The molecule has 4 aromatic rings. The van der Waals surface area contributed by atoms with Crippen LogP contribution in [0.5, 0.6) is 17.6 Å². The molecular weight excluding hydrogens is 633 g/mol. The van der Waals surface area contributed by atoms with Crippen LogP contribution >= 0.6 is 0 Å². The van der Waals surface area contributed by atoms with Crippen molar-refractivity contribution in [3.05, 3.63) is 53.4 Å². The molecule has 4 fully saturated rings. The molecule has 2 N–H and O–H groups in total. The zero-order chi connectivity index (χ0) is 33.6. The molecule has 1 saturated carbocycles. The maximum absolute atomic E-state index is 17.2. The van der Waals surface area contributed by atoms with Crippen molar-refractivity contribution in [2.45, 2.75) is 76.6 Å². The van der Waals surface area contributed by atoms with E-state index in [1.807, 2.05) is 13.8 Å². The van der Waals surface area contributed by atoms with Crippen molar-refractivity contribution in [1.29, 1.82) is 0 Å². The number of benzene rings is 2. The Morgan fingerprint density at radius 1 is 1.14 bits per heavy atom. The van der Waals surface area contributed by atoms with Crippen molar-refractivity contribution in [1.82, 2.24) is 25.2 Å². The first-order chi connectivity index (χ1) is 23.7. The third kappa shape index (κ3) is 5.09. The monoisotopic (exact) mass is 672 g/mol. The lowest BCUT2D eigenvalue weighted by Gasteiger charge is -2.42. The number of aromatic nitrogens is 3. The van der Waals surface area contributed by atoms with Crippen LogP contribution < -0.4 is 19.7 Å². The summed E-state index contributed by atoms with van der Waals surface area (Å²) in [5.74, 6) is -0.496. The molecule has 2 aromatic carbocycles. The number of phenols is 1. The van der Waals surface area contributed by atoms with Crippen LogP contribution in [0.25, 0.3) is 32.9 Å². The zero-order valence-corrected chi connectivity index (χ0v) is 27.6. The fourth-order valence-electron chi connectivity index (χ4n) is 8.75. The van der Waals surface area contributed by atoms with Gasteiger partial charge in [-0.2, -0.15) is 9.97 Å². The van der Waals surface area contributed by atoms with E-state index < -0.39 is 11.6 Å². The highest BCUT2D eigenvalue weighted by Crippen LogP contribution is 2.49. The highest BCUT2D eigenvalue weighted by molar-refractivity contribution is 6.03. The lowest BCUT2D eigenvalue weighted by molar-refractivity contribution is 0.154. The summed E-state index contributed by atoms with van der Waals surface area (Å²) in [6.45, 7) is 7.08. The second-order valence-corrected chi connectivity index (χ2v) is 14.6. The average molecular weight is 673 g/mol. The zero-order valence-electron chi connectivity index (χ0n) is 27.6. The van der Waals surface area contributed by atoms with Gasteiger partial charge in [-0.05, 0) is 85.6 Å². The Kier molecular flexibility index (Phi) is 7.21. The molecule has 2 bridgehead atoms. The summed E-state index contributed by atoms with van der Waals surface area (Å²) in [5.41, 5.74) is 1.29. The Hall–Kier alpha value is -4.16. The maximum atomic E-state index is 17.2. The molecule has 1 aliphatic carbocycles. The van der Waals surface area contributed by atoms with E-state index in [0.717, 1.165) is 57.1 Å². The van der Waals surface area contributed by atoms with E-state index >= 15 is 8.78 Å². The lowest BCUT2D eigenvalue weighted by Crippen LogP contribution is -2.62. The van der Waals surface area contributed by atoms with Crippen molar-refractivity contribution >= 4 is 27.5 Å². The fraction of sp³-hybridized carbons (Fsp3) is 0.486. The molecule has 6 heterocycles. The van der Waals surface area contributed by atoms with Crippen molar-refractivity contribution in [3.8, 4) is 28.9 Å². The average Bonchev–Trinajstić information content (AvgIpc) is 3.57. The molecule has 256 valence electrons. The van der Waals surface area contributed by atoms with Crippen LogP contribution in [0.3, 0.4) is 0 Å². The van der Waals surface area contributed by atoms with Crippen LogP contribution in [0.15, 0.2) is 36.2 Å². The molecule has 49 heavy (non-hydrogen) atoms. The van der Waals surface area contributed by atoms with Gasteiger partial charge in [0, 0.05) is 49.2 Å². The number of hydrogen-bond acceptors (Lipinski definition) is 9. The first-order valence-electron chi connectivity index (χ1n) is 17.4. The quantitative estimate of drug-likeness (QED) is 0.238. The number of nitrogens with zero attached hydrogens (tertiary/aromatic N) is 5. The summed E-state index contributed by atoms with van der Waals surface area (Å²) in [4.78, 5) is 18.9. The number of aryl methyl sites for hydroxylation is 1. The summed E-state index contributed by atoms with van der Waals surface area (Å²) < 4.78 is 58.5. The number of hydrogen-bond donors (Lipinski definition) is 2. The number of likely N-dealkylation sites (tertiary alicyclic amines) is 1. The second-order valence-electron chi connectivity index (χ2n) is 14.6. The number of piperazine rings is 1. The van der Waals surface area contributed by atoms with Crippen LogP contribution in [0.4, 0.5) is 19.0 Å². The summed E-state index contributed by atoms with van der Waals surface area (Å²) in [7, 11) is 0. The Balaban J connectivity index is 1.19. The standard InChI is InChI=1S/C37H39F3N6O3/c1-3-24-26(39)6-4-21-12-23(47)13-25(28(21)24)31-30(40)32-29-34(46-16-22-5-7-27(41-22)33(46)19(2)49-35(29)42-31)44-36(43-32)48-18-37(9-10-37)17-45-11-8-20(14-38)15-45/h4,6,12-14,19,22,27,33,41,47H,3,5,7-11,15-18H2,1-2H3/b20-14+/t19-,22+,27-,33+/m0/s1. The van der Waals surface area contributed by atoms with Crippen LogP contribution in [-0.2, 0) is 6.42 Å². The van der Waals surface area contributed by atoms with Gasteiger partial charge in [0.15, 0.2) is 5.82 Å². The Morgan fingerprint density at radius 3 is 2.78 bits per heavy atom. The lowest BCUT2D eigenvalue weighted by atomic mass is 9.94. The minimum absolute atomic E-state index is 0.00629. The molecule has 4 aliphatic heterocycles. The summed E-state index contributed by atoms with van der Waals surface area (Å²) in [6, 6.07) is 6.32. The fourth-order valence-corrected chi connectivity index (χ4v) is 8.75. The molecular formula is C37H39F3N6O3. The Labute approximate surface area is 282 Å². The van der Waals surface area contributed by atoms with Gasteiger partial charge in [-0.1, -0.05) is 13.0 Å². The maximum Gasteiger partial charge on any atom is 0.319 e. The third-order valence-electron chi connectivity index (χ3n) is 11.3. The molecule has 9 rings (SSSR count). The van der Waals surface area contributed by atoms with Crippen LogP contribution in [0, 0.1) is 17.0 Å². The van der Waals surface area contributed by atoms with Crippen molar-refractivity contribution in [3.63, 3.8) is 0 Å². The van der Waals surface area contributed by atoms with Gasteiger partial charge in [0.25, 0.3) is 0 Å². The largest absolute Gasteiger partial charge is 0.508 e. The first kappa shape index (κ1) is 30.9. The number of phenolic OH excluding ortho intramolecular Hbond substituents is 1. The van der Waals surface area contributed by atoms with Gasteiger partial charge >= 0.3 is 6.01 Å². The van der Waals surface area contributed by atoms with Gasteiger partial charge in [0.05, 0.1) is 19.0 Å². The van der Waals surface area contributed by atoms with Gasteiger partial charge in [-0.15, -0.1) is 0 Å². The number of aromatic hydroxyl groups is 1. The number of rotatable bonds is 7. The number of ether oxygens (including phenoxy) is 2. The minimum Gasteiger partial charge on any atom is -0.508 e. The molecule has 0 unspecified atom stereocenters. The summed E-state index contributed by atoms with van der Waals surface area (Å²) in [6.07, 6.45) is 5.45. The van der Waals surface area contributed by atoms with E-state index in [2.05, 4.69) is 15.1 Å².